The fourth-order valence-corrected chi connectivity index (χ4v) is 5.05. The van der Waals surface area contributed by atoms with Crippen molar-refractivity contribution in [2.75, 3.05) is 7.11 Å². The number of methoxy groups -OCH3 is 1. The number of nitrogens with zero attached hydrogens (tertiary/aromatic N) is 4. The molecule has 182 valence electrons. The summed E-state index contributed by atoms with van der Waals surface area (Å²) in [6.45, 7) is 0. The number of nitrogens with one attached hydrogen (secondary N) is 1. The third-order valence-electron chi connectivity index (χ3n) is 6.23. The van der Waals surface area contributed by atoms with E-state index in [0.29, 0.717) is 28.0 Å². The molecule has 0 radical (unpaired) electrons. The molecular formula is C28H21N5O3S. The molecule has 8 nitrogen and oxygen atoms in total. The lowest BCUT2D eigenvalue weighted by Gasteiger charge is -2.09. The van der Waals surface area contributed by atoms with Crippen LogP contribution in [-0.2, 0) is 11.8 Å². The number of fused-ring (bicyclic) bond motifs is 2. The van der Waals surface area contributed by atoms with Gasteiger partial charge in [0.05, 0.1) is 45.4 Å². The van der Waals surface area contributed by atoms with Gasteiger partial charge in [-0.05, 0) is 48.5 Å². The van der Waals surface area contributed by atoms with E-state index >= 15 is 0 Å². The number of aromatic amines is 1. The van der Waals surface area contributed by atoms with Gasteiger partial charge in [-0.3, -0.25) is 0 Å². The lowest BCUT2D eigenvalue weighted by Crippen LogP contribution is -2.04. The van der Waals surface area contributed by atoms with E-state index in [0.717, 1.165) is 32.6 Å². The molecule has 0 unspecified atom stereocenters. The highest BCUT2D eigenvalue weighted by Crippen LogP contribution is 2.33. The Hall–Kier alpha value is -4.76. The highest BCUT2D eigenvalue weighted by Gasteiger charge is 2.20. The largest absolute Gasteiger partial charge is 0.494 e. The Morgan fingerprint density at radius 3 is 2.62 bits per heavy atom. The number of hydrogen-bond acceptors (Lipinski definition) is 7. The summed E-state index contributed by atoms with van der Waals surface area (Å²) in [5.41, 5.74) is 7.25. The number of carbonyl (C=O) groups is 1. The first-order chi connectivity index (χ1) is 18.0. The Bertz CT molecular complexity index is 1810. The van der Waals surface area contributed by atoms with Gasteiger partial charge in [0.1, 0.15) is 5.82 Å². The molecule has 0 aliphatic rings. The van der Waals surface area contributed by atoms with Gasteiger partial charge in [-0.15, -0.1) is 11.3 Å². The first kappa shape index (κ1) is 22.7. The number of aromatic hydroxyl groups is 1. The van der Waals surface area contributed by atoms with Crippen LogP contribution < -0.4 is 0 Å². The van der Waals surface area contributed by atoms with E-state index in [-0.39, 0.29) is 5.88 Å². The third kappa shape index (κ3) is 4.05. The normalized spacial score (nSPS) is 11.9. The predicted octanol–water partition coefficient (Wildman–Crippen LogP) is 5.84. The summed E-state index contributed by atoms with van der Waals surface area (Å²) >= 11 is 1.56. The zero-order valence-corrected chi connectivity index (χ0v) is 20.8. The third-order valence-corrected chi connectivity index (χ3v) is 7.04. The lowest BCUT2D eigenvalue weighted by molar-refractivity contribution is 0.0601. The molecule has 0 atom stereocenters. The van der Waals surface area contributed by atoms with Gasteiger partial charge in [0, 0.05) is 41.5 Å². The van der Waals surface area contributed by atoms with E-state index < -0.39 is 5.97 Å². The Morgan fingerprint density at radius 2 is 1.86 bits per heavy atom. The summed E-state index contributed by atoms with van der Waals surface area (Å²) in [6.07, 6.45) is 3.67. The number of benzene rings is 3. The van der Waals surface area contributed by atoms with Crippen LogP contribution in [0, 0.1) is 0 Å². The molecule has 3 heterocycles. The van der Waals surface area contributed by atoms with Crippen LogP contribution in [0.25, 0.3) is 32.5 Å². The molecule has 0 amide bonds. The van der Waals surface area contributed by atoms with Crippen molar-refractivity contribution < 1.29 is 14.6 Å². The second-order valence-electron chi connectivity index (χ2n) is 8.50. The van der Waals surface area contributed by atoms with E-state index in [1.165, 1.54) is 7.11 Å². The van der Waals surface area contributed by atoms with E-state index in [9.17, 15) is 9.90 Å². The van der Waals surface area contributed by atoms with Crippen LogP contribution in [0.2, 0.25) is 0 Å². The number of aromatic nitrogens is 4. The van der Waals surface area contributed by atoms with Crippen molar-refractivity contribution in [1.82, 2.24) is 19.5 Å². The van der Waals surface area contributed by atoms with Crippen LogP contribution in [0.3, 0.4) is 0 Å². The molecular weight excluding hydrogens is 486 g/mol. The number of H-pyrrole nitrogens is 1. The van der Waals surface area contributed by atoms with E-state index in [1.807, 2.05) is 60.3 Å². The van der Waals surface area contributed by atoms with Gasteiger partial charge in [-0.2, -0.15) is 0 Å². The van der Waals surface area contributed by atoms with E-state index in [4.69, 9.17) is 9.73 Å². The predicted molar refractivity (Wildman–Crippen MR) is 145 cm³/mol. The number of carbonyl (C=O) groups excluding carboxylic acids is 1. The first-order valence-electron chi connectivity index (χ1n) is 11.5. The molecule has 0 bridgehead atoms. The van der Waals surface area contributed by atoms with Gasteiger partial charge in [0.25, 0.3) is 0 Å². The number of imidazole rings is 1. The number of ether oxygens (including phenoxy) is 1. The average Bonchev–Trinajstić information content (AvgIpc) is 3.64. The van der Waals surface area contributed by atoms with Gasteiger partial charge in [0.15, 0.2) is 5.88 Å². The van der Waals surface area contributed by atoms with Crippen LogP contribution in [0.5, 0.6) is 5.88 Å². The Balaban J connectivity index is 1.52. The minimum atomic E-state index is -0.451. The first-order valence-corrected chi connectivity index (χ1v) is 12.3. The SMILES string of the molecule is COC(=O)c1ccc2c(C(=Nc3ccc(-c4nccn4C)cc3)c3ccc4scnc4c3)c(O)[nH]c2c1. The topological polar surface area (TPSA) is 105 Å². The minimum absolute atomic E-state index is 0.0428. The highest BCUT2D eigenvalue weighted by atomic mass is 32.1. The van der Waals surface area contributed by atoms with Crippen LogP contribution in [-0.4, -0.2) is 43.4 Å². The molecule has 6 aromatic rings. The number of hydrogen-bond donors (Lipinski definition) is 2. The maximum Gasteiger partial charge on any atom is 0.337 e. The van der Waals surface area contributed by atoms with Gasteiger partial charge >= 0.3 is 5.97 Å². The zero-order valence-electron chi connectivity index (χ0n) is 20.0. The van der Waals surface area contributed by atoms with Crippen molar-refractivity contribution in [1.29, 1.82) is 0 Å². The van der Waals surface area contributed by atoms with Crippen molar-refractivity contribution in [2.24, 2.45) is 12.0 Å². The zero-order chi connectivity index (χ0) is 25.5. The second kappa shape index (κ2) is 9.03. The van der Waals surface area contributed by atoms with Crippen LogP contribution >= 0.6 is 11.3 Å². The van der Waals surface area contributed by atoms with Gasteiger partial charge in [-0.25, -0.2) is 19.8 Å². The van der Waals surface area contributed by atoms with Gasteiger partial charge in [0.2, 0.25) is 0 Å². The van der Waals surface area contributed by atoms with Crippen LogP contribution in [0.1, 0.15) is 21.5 Å². The maximum absolute atomic E-state index is 12.0. The van der Waals surface area contributed by atoms with Crippen LogP contribution in [0.4, 0.5) is 5.69 Å². The van der Waals surface area contributed by atoms with Crippen LogP contribution in [0.15, 0.2) is 83.6 Å². The molecule has 2 N–H and O–H groups in total. The smallest absolute Gasteiger partial charge is 0.337 e. The monoisotopic (exact) mass is 507 g/mol. The van der Waals surface area contributed by atoms with Crippen molar-refractivity contribution >= 4 is 49.8 Å². The van der Waals surface area contributed by atoms with Gasteiger partial charge < -0.3 is 19.4 Å². The molecule has 0 aliphatic heterocycles. The quantitative estimate of drug-likeness (QED) is 0.225. The molecule has 6 rings (SSSR count). The summed E-state index contributed by atoms with van der Waals surface area (Å²) in [4.78, 5) is 28.9. The van der Waals surface area contributed by atoms with Crippen molar-refractivity contribution in [3.05, 3.63) is 95.3 Å². The number of thiazole rings is 1. The molecule has 0 aliphatic carbocycles. The molecule has 9 heteroatoms. The number of esters is 1. The lowest BCUT2D eigenvalue weighted by atomic mass is 9.99. The Labute approximate surface area is 215 Å². The standard InChI is InChI=1S/C28H21N5O3S/c1-33-12-11-29-26(33)16-3-7-19(8-4-16)31-25(17-6-10-23-22(13-17)30-15-37-23)24-20-9-5-18(28(35)36-2)14-21(20)32-27(24)34/h3-15,32,34H,1-2H3. The van der Waals surface area contributed by atoms with Gasteiger partial charge in [-0.1, -0.05) is 12.1 Å². The summed E-state index contributed by atoms with van der Waals surface area (Å²) in [6, 6.07) is 18.9. The van der Waals surface area contributed by atoms with Crippen molar-refractivity contribution in [3.63, 3.8) is 0 Å². The summed E-state index contributed by atoms with van der Waals surface area (Å²) in [5, 5.41) is 11.8. The number of rotatable bonds is 5. The molecule has 0 spiro atoms. The Kier molecular flexibility index (Phi) is 5.54. The number of aliphatic imine (C=N–C) groups is 1. The van der Waals surface area contributed by atoms with Crippen molar-refractivity contribution in [3.8, 4) is 17.3 Å². The number of aryl methyl sites for hydroxylation is 1. The molecule has 3 aromatic heterocycles. The summed E-state index contributed by atoms with van der Waals surface area (Å²) in [7, 11) is 3.29. The van der Waals surface area contributed by atoms with E-state index in [2.05, 4.69) is 15.0 Å². The molecule has 37 heavy (non-hydrogen) atoms. The maximum atomic E-state index is 12.0. The molecule has 0 fully saturated rings. The Morgan fingerprint density at radius 1 is 1.05 bits per heavy atom. The fraction of sp³-hybridized carbons (Fsp3) is 0.0714. The molecule has 0 saturated heterocycles. The van der Waals surface area contributed by atoms with Crippen molar-refractivity contribution in [2.45, 2.75) is 0 Å². The second-order valence-corrected chi connectivity index (χ2v) is 9.39. The summed E-state index contributed by atoms with van der Waals surface area (Å²) in [5.74, 6) is 0.368. The summed E-state index contributed by atoms with van der Waals surface area (Å²) < 4.78 is 7.87. The van der Waals surface area contributed by atoms with E-state index in [1.54, 1.807) is 41.2 Å². The average molecular weight is 508 g/mol. The fourth-order valence-electron chi connectivity index (χ4n) is 4.40. The highest BCUT2D eigenvalue weighted by molar-refractivity contribution is 7.16. The molecule has 0 saturated carbocycles. The minimum Gasteiger partial charge on any atom is -0.494 e. The molecule has 3 aromatic carbocycles.